The smallest absolute Gasteiger partial charge is 0.394 e. The molecule has 2 N–H and O–H groups in total. The van der Waals surface area contributed by atoms with E-state index in [1.807, 2.05) is 4.98 Å². The lowest BCUT2D eigenvalue weighted by atomic mass is 10.2. The van der Waals surface area contributed by atoms with Crippen LogP contribution in [-0.4, -0.2) is 57.4 Å². The van der Waals surface area contributed by atoms with Crippen molar-refractivity contribution in [2.45, 2.75) is 18.5 Å². The largest absolute Gasteiger partial charge is 0.471 e. The minimum atomic E-state index is -5.07. The zero-order valence-electron chi connectivity index (χ0n) is 11.0. The molecule has 0 radical (unpaired) electrons. The van der Waals surface area contributed by atoms with Gasteiger partial charge in [0.15, 0.2) is 6.23 Å². The molecule has 0 aromatic carbocycles. The van der Waals surface area contributed by atoms with Gasteiger partial charge in [-0.15, -0.1) is 0 Å². The van der Waals surface area contributed by atoms with Crippen LogP contribution in [0.3, 0.4) is 0 Å². The number of morpholine rings is 1. The van der Waals surface area contributed by atoms with Gasteiger partial charge in [0.1, 0.15) is 6.10 Å². The Kier molecular flexibility index (Phi) is 4.37. The molecule has 0 spiro atoms. The third kappa shape index (κ3) is 3.36. The fourth-order valence-electron chi connectivity index (χ4n) is 2.07. The molecule has 11 heteroatoms. The lowest BCUT2D eigenvalue weighted by Gasteiger charge is -2.37. The van der Waals surface area contributed by atoms with E-state index in [-0.39, 0.29) is 0 Å². The molecule has 8 nitrogen and oxygen atoms in total. The van der Waals surface area contributed by atoms with Crippen LogP contribution in [0, 0.1) is 0 Å². The Morgan fingerprint density at radius 3 is 2.64 bits per heavy atom. The number of rotatable bonds is 2. The summed E-state index contributed by atoms with van der Waals surface area (Å²) < 4.78 is 43.7. The quantitative estimate of drug-likeness (QED) is 0.713. The van der Waals surface area contributed by atoms with Crippen molar-refractivity contribution >= 4 is 5.91 Å². The monoisotopic (exact) mass is 323 g/mol. The van der Waals surface area contributed by atoms with Crippen molar-refractivity contribution in [1.29, 1.82) is 0 Å². The third-order valence-electron chi connectivity index (χ3n) is 3.04. The minimum absolute atomic E-state index is 0.451. The summed E-state index contributed by atoms with van der Waals surface area (Å²) in [7, 11) is 0. The summed E-state index contributed by atoms with van der Waals surface area (Å²) in [4.78, 5) is 36.3. The van der Waals surface area contributed by atoms with E-state index < -0.39 is 55.4 Å². The van der Waals surface area contributed by atoms with E-state index in [1.54, 1.807) is 0 Å². The van der Waals surface area contributed by atoms with Gasteiger partial charge in [0.2, 0.25) is 0 Å². The van der Waals surface area contributed by atoms with Crippen molar-refractivity contribution in [1.82, 2.24) is 14.5 Å². The fraction of sp³-hybridized carbons (Fsp3) is 0.545. The number of nitrogens with one attached hydrogen (secondary N) is 1. The molecule has 1 saturated heterocycles. The molecule has 2 rings (SSSR count). The Labute approximate surface area is 120 Å². The van der Waals surface area contributed by atoms with Gasteiger partial charge in [-0.05, 0) is 0 Å². The van der Waals surface area contributed by atoms with Crippen molar-refractivity contribution in [2.24, 2.45) is 0 Å². The number of ether oxygens (including phenoxy) is 1. The van der Waals surface area contributed by atoms with Gasteiger partial charge in [0.25, 0.3) is 5.56 Å². The summed E-state index contributed by atoms with van der Waals surface area (Å²) in [6, 6.07) is 0.989. The number of carbonyl (C=O) groups excluding carboxylic acids is 1. The molecule has 1 aliphatic rings. The maximum Gasteiger partial charge on any atom is 0.471 e. The molecule has 2 atom stereocenters. The van der Waals surface area contributed by atoms with Crippen molar-refractivity contribution in [3.8, 4) is 0 Å². The highest BCUT2D eigenvalue weighted by molar-refractivity contribution is 5.82. The number of hydrogen-bond acceptors (Lipinski definition) is 5. The predicted octanol–water partition coefficient (Wildman–Crippen LogP) is -1.18. The summed E-state index contributed by atoms with van der Waals surface area (Å²) in [6.45, 7) is -1.62. The van der Waals surface area contributed by atoms with Gasteiger partial charge in [-0.25, -0.2) is 4.79 Å². The third-order valence-corrected chi connectivity index (χ3v) is 3.04. The number of amides is 1. The van der Waals surface area contributed by atoms with E-state index in [9.17, 15) is 27.6 Å². The van der Waals surface area contributed by atoms with Crippen LogP contribution in [0.25, 0.3) is 0 Å². The second-order valence-electron chi connectivity index (χ2n) is 4.62. The van der Waals surface area contributed by atoms with Crippen molar-refractivity contribution in [2.75, 3.05) is 19.7 Å². The molecule has 1 aromatic rings. The summed E-state index contributed by atoms with van der Waals surface area (Å²) in [5.74, 6) is -2.09. The fourth-order valence-corrected chi connectivity index (χ4v) is 2.07. The number of nitrogens with zero attached hydrogens (tertiary/aromatic N) is 2. The lowest BCUT2D eigenvalue weighted by molar-refractivity contribution is -0.201. The van der Waals surface area contributed by atoms with Gasteiger partial charge < -0.3 is 14.7 Å². The first-order chi connectivity index (χ1) is 10.2. The van der Waals surface area contributed by atoms with E-state index in [1.165, 1.54) is 0 Å². The van der Waals surface area contributed by atoms with E-state index in [0.29, 0.717) is 4.90 Å². The van der Waals surface area contributed by atoms with E-state index >= 15 is 0 Å². The number of alkyl halides is 3. The number of aliphatic hydroxyl groups excluding tert-OH is 1. The van der Waals surface area contributed by atoms with Crippen LogP contribution in [0.15, 0.2) is 21.9 Å². The maximum absolute atomic E-state index is 12.5. The van der Waals surface area contributed by atoms with Gasteiger partial charge in [0, 0.05) is 18.8 Å². The van der Waals surface area contributed by atoms with Crippen LogP contribution in [-0.2, 0) is 9.53 Å². The molecule has 0 aliphatic carbocycles. The Balaban J connectivity index is 2.30. The Morgan fingerprint density at radius 1 is 1.41 bits per heavy atom. The lowest BCUT2D eigenvalue weighted by Crippen LogP contribution is -2.54. The number of carbonyl (C=O) groups is 1. The molecule has 1 aliphatic heterocycles. The number of aromatic nitrogens is 2. The summed E-state index contributed by atoms with van der Waals surface area (Å²) in [5, 5.41) is 9.08. The second-order valence-corrected chi connectivity index (χ2v) is 4.62. The Hall–Kier alpha value is -2.14. The van der Waals surface area contributed by atoms with Crippen molar-refractivity contribution < 1.29 is 27.8 Å². The van der Waals surface area contributed by atoms with Gasteiger partial charge in [-0.3, -0.25) is 19.1 Å². The molecule has 1 fully saturated rings. The average molecular weight is 323 g/mol. The topological polar surface area (TPSA) is 105 Å². The van der Waals surface area contributed by atoms with Crippen LogP contribution >= 0.6 is 0 Å². The van der Waals surface area contributed by atoms with Gasteiger partial charge in [-0.1, -0.05) is 0 Å². The van der Waals surface area contributed by atoms with Gasteiger partial charge in [-0.2, -0.15) is 13.2 Å². The number of hydrogen-bond donors (Lipinski definition) is 2. The molecule has 2 heterocycles. The van der Waals surface area contributed by atoms with E-state index in [2.05, 4.69) is 0 Å². The number of halogens is 3. The summed E-state index contributed by atoms with van der Waals surface area (Å²) in [5.41, 5.74) is -1.57. The van der Waals surface area contributed by atoms with Crippen LogP contribution in [0.4, 0.5) is 13.2 Å². The maximum atomic E-state index is 12.5. The highest BCUT2D eigenvalue weighted by Gasteiger charge is 2.45. The summed E-state index contributed by atoms with van der Waals surface area (Å²) >= 11 is 0. The van der Waals surface area contributed by atoms with Crippen LogP contribution in [0.1, 0.15) is 6.23 Å². The zero-order chi connectivity index (χ0) is 16.5. The molecule has 0 bridgehead atoms. The standard InChI is InChI=1S/C11H12F3N3O5/c12-11(13,14)9(20)16-3-6(5-18)22-8(4-16)17-2-1-7(19)15-10(17)21/h1-2,6,8,18H,3-5H2,(H,15,19,21). The van der Waals surface area contributed by atoms with E-state index in [0.717, 1.165) is 16.8 Å². The molecule has 122 valence electrons. The van der Waals surface area contributed by atoms with Crippen LogP contribution < -0.4 is 11.2 Å². The number of H-pyrrole nitrogens is 1. The molecule has 2 unspecified atom stereocenters. The normalized spacial score (nSPS) is 22.6. The average Bonchev–Trinajstić information content (AvgIpc) is 2.44. The van der Waals surface area contributed by atoms with Gasteiger partial charge in [0.05, 0.1) is 13.2 Å². The molecule has 22 heavy (non-hydrogen) atoms. The Morgan fingerprint density at radius 2 is 2.09 bits per heavy atom. The van der Waals surface area contributed by atoms with E-state index in [4.69, 9.17) is 9.84 Å². The zero-order valence-corrected chi connectivity index (χ0v) is 11.0. The highest BCUT2D eigenvalue weighted by atomic mass is 19.4. The number of aromatic amines is 1. The molecule has 1 aromatic heterocycles. The summed E-state index contributed by atoms with van der Waals surface area (Å²) in [6.07, 6.45) is -6.36. The first kappa shape index (κ1) is 16.2. The first-order valence-corrected chi connectivity index (χ1v) is 6.16. The number of aliphatic hydroxyl groups is 1. The molecular weight excluding hydrogens is 311 g/mol. The van der Waals surface area contributed by atoms with Crippen LogP contribution in [0.5, 0.6) is 0 Å². The molecular formula is C11H12F3N3O5. The minimum Gasteiger partial charge on any atom is -0.394 e. The second kappa shape index (κ2) is 5.93. The Bertz CT molecular complexity index is 668. The van der Waals surface area contributed by atoms with Gasteiger partial charge >= 0.3 is 17.8 Å². The first-order valence-electron chi connectivity index (χ1n) is 6.16. The molecule has 1 amide bonds. The van der Waals surface area contributed by atoms with Crippen molar-refractivity contribution in [3.63, 3.8) is 0 Å². The SMILES string of the molecule is O=C(N1CC(CO)OC(n2ccc(=O)[nH]c2=O)C1)C(F)(F)F. The highest BCUT2D eigenvalue weighted by Crippen LogP contribution is 2.24. The van der Waals surface area contributed by atoms with Crippen LogP contribution in [0.2, 0.25) is 0 Å². The molecule has 0 saturated carbocycles. The predicted molar refractivity (Wildman–Crippen MR) is 65.0 cm³/mol. The van der Waals surface area contributed by atoms with Crippen molar-refractivity contribution in [3.05, 3.63) is 33.1 Å².